The number of carbonyl (C=O) groups is 1. The Balaban J connectivity index is 2.72. The van der Waals surface area contributed by atoms with Gasteiger partial charge < -0.3 is 10.7 Å². The Morgan fingerprint density at radius 3 is 2.67 bits per heavy atom. The van der Waals surface area contributed by atoms with E-state index in [0.717, 1.165) is 5.69 Å². The molecule has 0 fully saturated rings. The van der Waals surface area contributed by atoms with Crippen LogP contribution in [0.25, 0.3) is 0 Å². The van der Waals surface area contributed by atoms with Crippen LogP contribution in [-0.4, -0.2) is 17.4 Å². The fourth-order valence-electron chi connectivity index (χ4n) is 1.44. The van der Waals surface area contributed by atoms with Crippen molar-refractivity contribution in [1.82, 2.24) is 10.3 Å². The van der Waals surface area contributed by atoms with Crippen LogP contribution in [-0.2, 0) is 0 Å². The molecule has 0 aromatic carbocycles. The molecular weight excluding hydrogens is 228 g/mol. The lowest BCUT2D eigenvalue weighted by Gasteiger charge is -2.16. The van der Waals surface area contributed by atoms with E-state index in [2.05, 4.69) is 36.5 Å². The zero-order valence-electron chi connectivity index (χ0n) is 11.4. The molecule has 1 unspecified atom stereocenters. The quantitative estimate of drug-likeness (QED) is 0.549. The van der Waals surface area contributed by atoms with Gasteiger partial charge in [-0.05, 0) is 24.8 Å². The molecule has 1 heterocycles. The second-order valence-corrected chi connectivity index (χ2v) is 4.95. The molecule has 5 nitrogen and oxygen atoms in total. The van der Waals surface area contributed by atoms with Gasteiger partial charge in [-0.3, -0.25) is 15.6 Å². The minimum atomic E-state index is -0.150. The number of nitrogens with two attached hydrogens (primary N) is 1. The van der Waals surface area contributed by atoms with Gasteiger partial charge in [0.1, 0.15) is 0 Å². The number of amides is 1. The van der Waals surface area contributed by atoms with E-state index in [4.69, 9.17) is 5.84 Å². The average molecular weight is 250 g/mol. The first-order chi connectivity index (χ1) is 8.45. The number of nitrogens with one attached hydrogen (secondary N) is 2. The molecule has 0 saturated heterocycles. The Hall–Kier alpha value is -1.62. The van der Waals surface area contributed by atoms with Crippen LogP contribution in [0.2, 0.25) is 0 Å². The summed E-state index contributed by atoms with van der Waals surface area (Å²) in [5, 5.41) is 2.90. The Kier molecular flexibility index (Phi) is 5.09. The number of rotatable bonds is 5. The Morgan fingerprint density at radius 2 is 2.11 bits per heavy atom. The topological polar surface area (TPSA) is 80.0 Å². The molecule has 1 rings (SSSR count). The van der Waals surface area contributed by atoms with Gasteiger partial charge in [0.25, 0.3) is 5.91 Å². The van der Waals surface area contributed by atoms with Crippen molar-refractivity contribution in [3.8, 4) is 0 Å². The molecular formula is C13H22N4O. The standard InChI is InChI=1S/C13H22N4O/c1-8(2)9(3)6-16-13(18)11-7-15-10(4)5-12(11)17-14/h5,7-9H,6,14H2,1-4H3,(H,15,17)(H,16,18). The summed E-state index contributed by atoms with van der Waals surface area (Å²) < 4.78 is 0. The van der Waals surface area contributed by atoms with E-state index >= 15 is 0 Å². The second-order valence-electron chi connectivity index (χ2n) is 4.95. The lowest BCUT2D eigenvalue weighted by molar-refractivity contribution is 0.0945. The smallest absolute Gasteiger partial charge is 0.255 e. The summed E-state index contributed by atoms with van der Waals surface area (Å²) in [6, 6.07) is 1.75. The third kappa shape index (κ3) is 3.70. The number of carbonyl (C=O) groups excluding carboxylic acids is 1. The van der Waals surface area contributed by atoms with Crippen LogP contribution in [0.5, 0.6) is 0 Å². The van der Waals surface area contributed by atoms with Crippen LogP contribution in [0.15, 0.2) is 12.3 Å². The molecule has 0 radical (unpaired) electrons. The number of nitrogens with zero attached hydrogens (tertiary/aromatic N) is 1. The first-order valence-electron chi connectivity index (χ1n) is 6.17. The minimum Gasteiger partial charge on any atom is -0.352 e. The highest BCUT2D eigenvalue weighted by Crippen LogP contribution is 2.14. The first kappa shape index (κ1) is 14.4. The predicted molar refractivity (Wildman–Crippen MR) is 73.1 cm³/mol. The predicted octanol–water partition coefficient (Wildman–Crippen LogP) is 1.70. The second kappa shape index (κ2) is 6.35. The van der Waals surface area contributed by atoms with E-state index in [-0.39, 0.29) is 5.91 Å². The van der Waals surface area contributed by atoms with Crippen molar-refractivity contribution in [3.05, 3.63) is 23.5 Å². The van der Waals surface area contributed by atoms with Crippen molar-refractivity contribution in [2.24, 2.45) is 17.7 Å². The summed E-state index contributed by atoms with van der Waals surface area (Å²) in [4.78, 5) is 16.1. The van der Waals surface area contributed by atoms with Crippen LogP contribution >= 0.6 is 0 Å². The number of hydrogen-bond acceptors (Lipinski definition) is 4. The van der Waals surface area contributed by atoms with Gasteiger partial charge in [0.15, 0.2) is 0 Å². The van der Waals surface area contributed by atoms with Gasteiger partial charge in [0.2, 0.25) is 0 Å². The zero-order valence-corrected chi connectivity index (χ0v) is 11.4. The summed E-state index contributed by atoms with van der Waals surface area (Å²) in [6.45, 7) is 8.88. The van der Waals surface area contributed by atoms with Gasteiger partial charge in [0.05, 0.1) is 11.3 Å². The maximum Gasteiger partial charge on any atom is 0.255 e. The summed E-state index contributed by atoms with van der Waals surface area (Å²) in [5.74, 6) is 6.22. The maximum absolute atomic E-state index is 12.0. The summed E-state index contributed by atoms with van der Waals surface area (Å²) in [5.41, 5.74) is 4.41. The number of nitrogen functional groups attached to an aromatic ring is 1. The molecule has 4 N–H and O–H groups in total. The van der Waals surface area contributed by atoms with Crippen LogP contribution in [0.3, 0.4) is 0 Å². The van der Waals surface area contributed by atoms with Crippen LogP contribution in [0.4, 0.5) is 5.69 Å². The van der Waals surface area contributed by atoms with Crippen LogP contribution in [0.1, 0.15) is 36.8 Å². The fourth-order valence-corrected chi connectivity index (χ4v) is 1.44. The Morgan fingerprint density at radius 1 is 1.44 bits per heavy atom. The molecule has 1 aromatic heterocycles. The number of pyridine rings is 1. The molecule has 1 aromatic rings. The molecule has 5 heteroatoms. The van der Waals surface area contributed by atoms with Crippen molar-refractivity contribution in [2.45, 2.75) is 27.7 Å². The fraction of sp³-hybridized carbons (Fsp3) is 0.538. The summed E-state index contributed by atoms with van der Waals surface area (Å²) in [7, 11) is 0. The lowest BCUT2D eigenvalue weighted by Crippen LogP contribution is -2.31. The van der Waals surface area contributed by atoms with Gasteiger partial charge in [-0.25, -0.2) is 0 Å². The molecule has 0 saturated carbocycles. The number of hydrazine groups is 1. The Labute approximate surface area is 108 Å². The molecule has 1 atom stereocenters. The van der Waals surface area contributed by atoms with Crippen LogP contribution in [0, 0.1) is 18.8 Å². The van der Waals surface area contributed by atoms with E-state index in [1.54, 1.807) is 12.3 Å². The van der Waals surface area contributed by atoms with Crippen molar-refractivity contribution in [3.63, 3.8) is 0 Å². The van der Waals surface area contributed by atoms with E-state index < -0.39 is 0 Å². The summed E-state index contributed by atoms with van der Waals surface area (Å²) in [6.07, 6.45) is 1.54. The molecule has 0 spiro atoms. The van der Waals surface area contributed by atoms with Crippen molar-refractivity contribution >= 4 is 11.6 Å². The third-order valence-electron chi connectivity index (χ3n) is 3.16. The molecule has 0 bridgehead atoms. The molecule has 18 heavy (non-hydrogen) atoms. The largest absolute Gasteiger partial charge is 0.352 e. The van der Waals surface area contributed by atoms with Gasteiger partial charge in [-0.1, -0.05) is 20.8 Å². The van der Waals surface area contributed by atoms with E-state index in [0.29, 0.717) is 29.6 Å². The van der Waals surface area contributed by atoms with Crippen molar-refractivity contribution in [2.75, 3.05) is 12.0 Å². The van der Waals surface area contributed by atoms with E-state index in [1.807, 2.05) is 6.92 Å². The van der Waals surface area contributed by atoms with E-state index in [9.17, 15) is 4.79 Å². The molecule has 0 aliphatic rings. The monoisotopic (exact) mass is 250 g/mol. The Bertz CT molecular complexity index is 417. The zero-order chi connectivity index (χ0) is 13.7. The molecule has 0 aliphatic carbocycles. The summed E-state index contributed by atoms with van der Waals surface area (Å²) >= 11 is 0. The number of aryl methyl sites for hydroxylation is 1. The SMILES string of the molecule is Cc1cc(NN)c(C(=O)NCC(C)C(C)C)cn1. The van der Waals surface area contributed by atoms with Gasteiger partial charge in [-0.15, -0.1) is 0 Å². The van der Waals surface area contributed by atoms with Crippen molar-refractivity contribution < 1.29 is 4.79 Å². The normalized spacial score (nSPS) is 12.3. The van der Waals surface area contributed by atoms with Gasteiger partial charge in [0, 0.05) is 18.4 Å². The first-order valence-corrected chi connectivity index (χ1v) is 6.17. The molecule has 0 aliphatic heterocycles. The number of anilines is 1. The van der Waals surface area contributed by atoms with Gasteiger partial charge in [-0.2, -0.15) is 0 Å². The number of aromatic nitrogens is 1. The average Bonchev–Trinajstić information content (AvgIpc) is 2.34. The van der Waals surface area contributed by atoms with Crippen molar-refractivity contribution in [1.29, 1.82) is 0 Å². The highest BCUT2D eigenvalue weighted by atomic mass is 16.1. The van der Waals surface area contributed by atoms with Gasteiger partial charge >= 0.3 is 0 Å². The molecule has 1 amide bonds. The minimum absolute atomic E-state index is 0.150. The van der Waals surface area contributed by atoms with E-state index in [1.165, 1.54) is 0 Å². The maximum atomic E-state index is 12.0. The highest BCUT2D eigenvalue weighted by molar-refractivity contribution is 5.99. The lowest BCUT2D eigenvalue weighted by atomic mass is 9.98. The van der Waals surface area contributed by atoms with Crippen LogP contribution < -0.4 is 16.6 Å². The molecule has 100 valence electrons. The third-order valence-corrected chi connectivity index (χ3v) is 3.16. The highest BCUT2D eigenvalue weighted by Gasteiger charge is 2.14. The number of hydrogen-bond donors (Lipinski definition) is 3.